The Morgan fingerprint density at radius 1 is 1.52 bits per heavy atom. The highest BCUT2D eigenvalue weighted by molar-refractivity contribution is 9.11. The van der Waals surface area contributed by atoms with E-state index in [-0.39, 0.29) is 11.4 Å². The third-order valence-electron chi connectivity index (χ3n) is 3.24. The maximum absolute atomic E-state index is 12.3. The van der Waals surface area contributed by atoms with Gasteiger partial charge in [0.2, 0.25) is 0 Å². The van der Waals surface area contributed by atoms with Crippen molar-refractivity contribution in [2.45, 2.75) is 31.2 Å². The predicted octanol–water partition coefficient (Wildman–Crippen LogP) is 3.00. The average molecular weight is 393 g/mol. The van der Waals surface area contributed by atoms with Gasteiger partial charge in [-0.15, -0.1) is 23.1 Å². The first-order valence-corrected chi connectivity index (χ1v) is 9.33. The topological polar surface area (TPSA) is 69.6 Å². The molecule has 1 aliphatic rings. The summed E-state index contributed by atoms with van der Waals surface area (Å²) in [6, 6.07) is 2.99. The number of hydrogen-bond acceptors (Lipinski definition) is 4. The molecule has 21 heavy (non-hydrogen) atoms. The fourth-order valence-electron chi connectivity index (χ4n) is 2.21. The minimum atomic E-state index is -0.934. The lowest BCUT2D eigenvalue weighted by Gasteiger charge is -2.26. The van der Waals surface area contributed by atoms with Crippen LogP contribution in [0.3, 0.4) is 0 Å². The van der Waals surface area contributed by atoms with Crippen molar-refractivity contribution in [1.29, 1.82) is 0 Å². The van der Waals surface area contributed by atoms with E-state index in [4.69, 9.17) is 0 Å². The number of rotatable bonds is 5. The number of urea groups is 1. The standard InChI is InChI=1S/C13H17BrN2O3S2/c1-2-11-16(9(7-20-11)12(17)18)13(19)15-6-5-8-3-4-10(14)21-8/h3-4,9,11H,2,5-7H2,1H3,(H,15,19)(H,17,18). The van der Waals surface area contributed by atoms with Gasteiger partial charge in [-0.25, -0.2) is 9.59 Å². The van der Waals surface area contributed by atoms with Crippen LogP contribution in [-0.4, -0.2) is 45.7 Å². The summed E-state index contributed by atoms with van der Waals surface area (Å²) in [5.41, 5.74) is 0. The van der Waals surface area contributed by atoms with Gasteiger partial charge in [-0.3, -0.25) is 4.90 Å². The first-order valence-electron chi connectivity index (χ1n) is 6.67. The van der Waals surface area contributed by atoms with Crippen molar-refractivity contribution in [3.05, 3.63) is 20.8 Å². The van der Waals surface area contributed by atoms with Crippen LogP contribution in [0.25, 0.3) is 0 Å². The number of hydrogen-bond donors (Lipinski definition) is 2. The summed E-state index contributed by atoms with van der Waals surface area (Å²) in [7, 11) is 0. The molecule has 2 unspecified atom stereocenters. The third kappa shape index (κ3) is 4.14. The molecule has 0 saturated carbocycles. The van der Waals surface area contributed by atoms with Crippen LogP contribution in [-0.2, 0) is 11.2 Å². The number of nitrogens with one attached hydrogen (secondary N) is 1. The average Bonchev–Trinajstić information content (AvgIpc) is 3.04. The minimum absolute atomic E-state index is 0.0537. The second-order valence-corrected chi connectivity index (χ2v) is 8.40. The SMILES string of the molecule is CCC1SCC(C(=O)O)N1C(=O)NCCc1ccc(Br)s1. The number of carboxylic acid groups (broad SMARTS) is 1. The minimum Gasteiger partial charge on any atom is -0.480 e. The van der Waals surface area contributed by atoms with Gasteiger partial charge >= 0.3 is 12.0 Å². The highest BCUT2D eigenvalue weighted by Crippen LogP contribution is 2.31. The quantitative estimate of drug-likeness (QED) is 0.807. The lowest BCUT2D eigenvalue weighted by Crippen LogP contribution is -2.50. The lowest BCUT2D eigenvalue weighted by molar-refractivity contribution is -0.141. The van der Waals surface area contributed by atoms with Crippen LogP contribution >= 0.6 is 39.0 Å². The van der Waals surface area contributed by atoms with E-state index in [1.54, 1.807) is 11.3 Å². The molecule has 5 nitrogen and oxygen atoms in total. The van der Waals surface area contributed by atoms with E-state index < -0.39 is 12.0 Å². The van der Waals surface area contributed by atoms with Crippen LogP contribution in [0.2, 0.25) is 0 Å². The van der Waals surface area contributed by atoms with Crippen molar-refractivity contribution in [2.24, 2.45) is 0 Å². The van der Waals surface area contributed by atoms with E-state index >= 15 is 0 Å². The second-order valence-electron chi connectivity index (χ2n) is 4.65. The van der Waals surface area contributed by atoms with Crippen molar-refractivity contribution in [2.75, 3.05) is 12.3 Å². The molecular formula is C13H17BrN2O3S2. The Balaban J connectivity index is 1.89. The molecule has 2 N–H and O–H groups in total. The number of carboxylic acids is 1. The first kappa shape index (κ1) is 16.6. The van der Waals surface area contributed by atoms with Crippen LogP contribution in [0, 0.1) is 0 Å². The molecule has 0 aromatic carbocycles. The maximum atomic E-state index is 12.3. The van der Waals surface area contributed by atoms with Crippen molar-refractivity contribution in [3.8, 4) is 0 Å². The van der Waals surface area contributed by atoms with Crippen LogP contribution in [0.5, 0.6) is 0 Å². The fraction of sp³-hybridized carbons (Fsp3) is 0.538. The third-order valence-corrected chi connectivity index (χ3v) is 6.37. The van der Waals surface area contributed by atoms with E-state index in [1.165, 1.54) is 21.5 Å². The van der Waals surface area contributed by atoms with E-state index in [2.05, 4.69) is 21.2 Å². The van der Waals surface area contributed by atoms with Gasteiger partial charge in [0.25, 0.3) is 0 Å². The van der Waals surface area contributed by atoms with Crippen molar-refractivity contribution in [3.63, 3.8) is 0 Å². The zero-order valence-corrected chi connectivity index (χ0v) is 14.8. The number of carbonyl (C=O) groups is 2. The summed E-state index contributed by atoms with van der Waals surface area (Å²) in [5.74, 6) is -0.477. The summed E-state index contributed by atoms with van der Waals surface area (Å²) >= 11 is 6.57. The van der Waals surface area contributed by atoms with E-state index in [1.807, 2.05) is 19.1 Å². The van der Waals surface area contributed by atoms with E-state index in [9.17, 15) is 14.7 Å². The largest absolute Gasteiger partial charge is 0.480 e. The molecule has 0 radical (unpaired) electrons. The number of amides is 2. The Bertz CT molecular complexity index is 523. The van der Waals surface area contributed by atoms with Crippen molar-refractivity contribution < 1.29 is 14.7 Å². The van der Waals surface area contributed by atoms with Gasteiger partial charge in [-0.2, -0.15) is 0 Å². The number of carbonyl (C=O) groups excluding carboxylic acids is 1. The molecule has 2 amide bonds. The molecule has 1 aromatic heterocycles. The Morgan fingerprint density at radius 3 is 2.86 bits per heavy atom. The summed E-state index contributed by atoms with van der Waals surface area (Å²) < 4.78 is 1.07. The molecule has 0 spiro atoms. The van der Waals surface area contributed by atoms with Gasteiger partial charge in [-0.05, 0) is 40.9 Å². The summed E-state index contributed by atoms with van der Waals surface area (Å²) in [6.45, 7) is 2.47. The van der Waals surface area contributed by atoms with Gasteiger partial charge in [0.15, 0.2) is 0 Å². The highest BCUT2D eigenvalue weighted by atomic mass is 79.9. The molecule has 1 aliphatic heterocycles. The molecular weight excluding hydrogens is 376 g/mol. The normalized spacial score (nSPS) is 21.5. The first-order chi connectivity index (χ1) is 10.0. The number of thioether (sulfide) groups is 1. The van der Waals surface area contributed by atoms with Gasteiger partial charge in [0, 0.05) is 17.2 Å². The zero-order valence-electron chi connectivity index (χ0n) is 11.5. The van der Waals surface area contributed by atoms with E-state index in [0.717, 1.165) is 16.6 Å². The van der Waals surface area contributed by atoms with Crippen LogP contribution in [0.4, 0.5) is 4.79 Å². The molecule has 116 valence electrons. The van der Waals surface area contributed by atoms with Gasteiger partial charge in [0.1, 0.15) is 6.04 Å². The van der Waals surface area contributed by atoms with Crippen LogP contribution < -0.4 is 5.32 Å². The fourth-order valence-corrected chi connectivity index (χ4v) is 5.04. The Morgan fingerprint density at radius 2 is 2.29 bits per heavy atom. The van der Waals surface area contributed by atoms with Crippen molar-refractivity contribution >= 4 is 51.0 Å². The summed E-state index contributed by atoms with van der Waals surface area (Å²) in [5, 5.41) is 12.0. The number of thiophene rings is 1. The maximum Gasteiger partial charge on any atom is 0.327 e. The summed E-state index contributed by atoms with van der Waals surface area (Å²) in [6.07, 6.45) is 1.50. The Hall–Kier alpha value is -0.730. The summed E-state index contributed by atoms with van der Waals surface area (Å²) in [4.78, 5) is 26.1. The van der Waals surface area contributed by atoms with Crippen molar-refractivity contribution in [1.82, 2.24) is 10.2 Å². The lowest BCUT2D eigenvalue weighted by atomic mass is 10.2. The number of aliphatic carboxylic acids is 1. The van der Waals surface area contributed by atoms with Gasteiger partial charge in [0.05, 0.1) is 9.16 Å². The molecule has 0 bridgehead atoms. The molecule has 1 saturated heterocycles. The van der Waals surface area contributed by atoms with Gasteiger partial charge in [-0.1, -0.05) is 6.92 Å². The molecule has 2 rings (SSSR count). The van der Waals surface area contributed by atoms with Crippen LogP contribution in [0.1, 0.15) is 18.2 Å². The Labute approximate surface area is 140 Å². The van der Waals surface area contributed by atoms with Crippen LogP contribution in [0.15, 0.2) is 15.9 Å². The molecule has 1 fully saturated rings. The number of nitrogens with zero attached hydrogens (tertiary/aromatic N) is 1. The predicted molar refractivity (Wildman–Crippen MR) is 88.9 cm³/mol. The zero-order chi connectivity index (χ0) is 15.4. The van der Waals surface area contributed by atoms with Gasteiger partial charge < -0.3 is 10.4 Å². The Kier molecular flexibility index (Phi) is 5.95. The molecule has 1 aromatic rings. The molecule has 8 heteroatoms. The number of halogens is 1. The molecule has 2 heterocycles. The molecule has 0 aliphatic carbocycles. The smallest absolute Gasteiger partial charge is 0.327 e. The second kappa shape index (κ2) is 7.51. The highest BCUT2D eigenvalue weighted by Gasteiger charge is 2.40. The molecule has 2 atom stereocenters. The monoisotopic (exact) mass is 392 g/mol. The van der Waals surface area contributed by atoms with E-state index in [0.29, 0.717) is 12.3 Å².